The summed E-state index contributed by atoms with van der Waals surface area (Å²) in [6, 6.07) is 7.77. The maximum absolute atomic E-state index is 11.7. The molecular weight excluding hydrogens is 234 g/mol. The second kappa shape index (κ2) is 5.65. The van der Waals surface area contributed by atoms with Gasteiger partial charge in [0.2, 0.25) is 0 Å². The molecule has 3 nitrogen and oxygen atoms in total. The molecule has 1 N–H and O–H groups in total. The number of sulfone groups is 1. The SMILES string of the molecule is CCNC(c1ccccc1C)C(C)S(C)(=O)=O. The van der Waals surface area contributed by atoms with E-state index >= 15 is 0 Å². The Morgan fingerprint density at radius 3 is 2.35 bits per heavy atom. The van der Waals surface area contributed by atoms with Crippen molar-refractivity contribution in [3.05, 3.63) is 35.4 Å². The number of hydrogen-bond donors (Lipinski definition) is 1. The molecule has 0 fully saturated rings. The third-order valence-electron chi connectivity index (χ3n) is 3.09. The number of nitrogens with one attached hydrogen (secondary N) is 1. The van der Waals surface area contributed by atoms with Gasteiger partial charge in [-0.2, -0.15) is 0 Å². The molecule has 1 aromatic carbocycles. The van der Waals surface area contributed by atoms with Gasteiger partial charge in [0.15, 0.2) is 9.84 Å². The summed E-state index contributed by atoms with van der Waals surface area (Å²) < 4.78 is 23.4. The molecule has 0 aromatic heterocycles. The molecule has 0 spiro atoms. The first kappa shape index (κ1) is 14.2. The molecule has 1 aromatic rings. The van der Waals surface area contributed by atoms with Gasteiger partial charge in [-0.15, -0.1) is 0 Å². The highest BCUT2D eigenvalue weighted by molar-refractivity contribution is 7.91. The Balaban J connectivity index is 3.14. The lowest BCUT2D eigenvalue weighted by molar-refractivity contribution is 0.511. The Labute approximate surface area is 104 Å². The van der Waals surface area contributed by atoms with Gasteiger partial charge in [0.05, 0.1) is 5.25 Å². The second-order valence-corrected chi connectivity index (χ2v) is 6.83. The fourth-order valence-corrected chi connectivity index (χ4v) is 2.67. The average Bonchev–Trinajstić information content (AvgIpc) is 2.25. The van der Waals surface area contributed by atoms with Gasteiger partial charge in [-0.05, 0) is 31.5 Å². The molecule has 0 heterocycles. The van der Waals surface area contributed by atoms with Crippen molar-refractivity contribution in [2.75, 3.05) is 12.8 Å². The molecule has 0 saturated carbocycles. The van der Waals surface area contributed by atoms with Crippen molar-refractivity contribution in [1.82, 2.24) is 5.32 Å². The van der Waals surface area contributed by atoms with E-state index in [-0.39, 0.29) is 6.04 Å². The van der Waals surface area contributed by atoms with E-state index in [1.165, 1.54) is 6.26 Å². The summed E-state index contributed by atoms with van der Waals surface area (Å²) in [7, 11) is -3.05. The highest BCUT2D eigenvalue weighted by Crippen LogP contribution is 2.24. The number of benzene rings is 1. The second-order valence-electron chi connectivity index (χ2n) is 4.43. The number of hydrogen-bond acceptors (Lipinski definition) is 3. The van der Waals surface area contributed by atoms with Gasteiger partial charge in [0, 0.05) is 12.3 Å². The molecule has 2 atom stereocenters. The molecule has 17 heavy (non-hydrogen) atoms. The molecule has 0 amide bonds. The first-order valence-electron chi connectivity index (χ1n) is 5.85. The van der Waals surface area contributed by atoms with Gasteiger partial charge in [0.1, 0.15) is 0 Å². The maximum atomic E-state index is 11.7. The van der Waals surface area contributed by atoms with E-state index < -0.39 is 15.1 Å². The van der Waals surface area contributed by atoms with Gasteiger partial charge in [0.25, 0.3) is 0 Å². The molecule has 0 saturated heterocycles. The Morgan fingerprint density at radius 2 is 1.88 bits per heavy atom. The first-order chi connectivity index (χ1) is 7.88. The molecule has 0 aliphatic heterocycles. The van der Waals surface area contributed by atoms with Crippen molar-refractivity contribution < 1.29 is 8.42 Å². The molecule has 4 heteroatoms. The highest BCUT2D eigenvalue weighted by Gasteiger charge is 2.27. The van der Waals surface area contributed by atoms with Gasteiger partial charge in [-0.3, -0.25) is 0 Å². The Hall–Kier alpha value is -0.870. The van der Waals surface area contributed by atoms with Crippen LogP contribution in [0.5, 0.6) is 0 Å². The zero-order chi connectivity index (χ0) is 13.1. The van der Waals surface area contributed by atoms with Crippen LogP contribution >= 0.6 is 0 Å². The van der Waals surface area contributed by atoms with Crippen LogP contribution in [-0.2, 0) is 9.84 Å². The normalized spacial score (nSPS) is 15.5. The van der Waals surface area contributed by atoms with E-state index in [1.54, 1.807) is 6.92 Å². The summed E-state index contributed by atoms with van der Waals surface area (Å²) in [5, 5.41) is 2.84. The van der Waals surface area contributed by atoms with Crippen LogP contribution in [0.2, 0.25) is 0 Å². The van der Waals surface area contributed by atoms with E-state index in [0.717, 1.165) is 17.7 Å². The third kappa shape index (κ3) is 3.54. The van der Waals surface area contributed by atoms with Crippen molar-refractivity contribution in [2.24, 2.45) is 0 Å². The summed E-state index contributed by atoms with van der Waals surface area (Å²) in [6.45, 7) is 6.50. The van der Waals surface area contributed by atoms with Crippen LogP contribution in [0.4, 0.5) is 0 Å². The summed E-state index contributed by atoms with van der Waals surface area (Å²) in [5.41, 5.74) is 2.18. The summed E-state index contributed by atoms with van der Waals surface area (Å²) in [6.07, 6.45) is 1.29. The molecule has 96 valence electrons. The zero-order valence-corrected chi connectivity index (χ0v) is 11.7. The Kier molecular flexibility index (Phi) is 4.71. The van der Waals surface area contributed by atoms with Crippen molar-refractivity contribution in [2.45, 2.75) is 32.1 Å². The topological polar surface area (TPSA) is 46.2 Å². The van der Waals surface area contributed by atoms with Crippen LogP contribution < -0.4 is 5.32 Å². The van der Waals surface area contributed by atoms with Gasteiger partial charge in [-0.25, -0.2) is 8.42 Å². The van der Waals surface area contributed by atoms with Crippen LogP contribution in [0, 0.1) is 6.92 Å². The highest BCUT2D eigenvalue weighted by atomic mass is 32.2. The molecule has 1 rings (SSSR count). The minimum absolute atomic E-state index is 0.142. The summed E-state index contributed by atoms with van der Waals surface area (Å²) in [4.78, 5) is 0. The van der Waals surface area contributed by atoms with Crippen LogP contribution in [0.15, 0.2) is 24.3 Å². The average molecular weight is 255 g/mol. The molecule has 0 bridgehead atoms. The largest absolute Gasteiger partial charge is 0.309 e. The fourth-order valence-electron chi connectivity index (χ4n) is 1.93. The minimum Gasteiger partial charge on any atom is -0.309 e. The van der Waals surface area contributed by atoms with E-state index in [2.05, 4.69) is 5.32 Å². The Bertz CT molecular complexity index is 468. The Morgan fingerprint density at radius 1 is 1.29 bits per heavy atom. The lowest BCUT2D eigenvalue weighted by atomic mass is 9.99. The first-order valence-corrected chi connectivity index (χ1v) is 7.81. The van der Waals surface area contributed by atoms with Gasteiger partial charge < -0.3 is 5.32 Å². The van der Waals surface area contributed by atoms with Crippen molar-refractivity contribution >= 4 is 9.84 Å². The minimum atomic E-state index is -3.05. The lowest BCUT2D eigenvalue weighted by Gasteiger charge is -2.25. The van der Waals surface area contributed by atoms with Crippen molar-refractivity contribution in [1.29, 1.82) is 0 Å². The quantitative estimate of drug-likeness (QED) is 0.876. The van der Waals surface area contributed by atoms with Crippen molar-refractivity contribution in [3.63, 3.8) is 0 Å². The number of rotatable bonds is 5. The molecule has 0 aliphatic rings. The summed E-state index contributed by atoms with van der Waals surface area (Å²) in [5.74, 6) is 0. The zero-order valence-electron chi connectivity index (χ0n) is 10.9. The molecule has 2 unspecified atom stereocenters. The fraction of sp³-hybridized carbons (Fsp3) is 0.538. The van der Waals surface area contributed by atoms with E-state index in [1.807, 2.05) is 38.1 Å². The van der Waals surface area contributed by atoms with Crippen LogP contribution in [0.25, 0.3) is 0 Å². The molecule has 0 aliphatic carbocycles. The van der Waals surface area contributed by atoms with Crippen LogP contribution in [-0.4, -0.2) is 26.5 Å². The number of aryl methyl sites for hydroxylation is 1. The van der Waals surface area contributed by atoms with Crippen LogP contribution in [0.1, 0.15) is 31.0 Å². The standard InChI is InChI=1S/C13H21NO2S/c1-5-14-13(11(3)17(4,15)16)12-9-7-6-8-10(12)2/h6-9,11,13-14H,5H2,1-4H3. The predicted octanol–water partition coefficient (Wildman–Crippen LogP) is 2.08. The van der Waals surface area contributed by atoms with Gasteiger partial charge >= 0.3 is 0 Å². The van der Waals surface area contributed by atoms with E-state index in [9.17, 15) is 8.42 Å². The van der Waals surface area contributed by atoms with E-state index in [0.29, 0.717) is 0 Å². The maximum Gasteiger partial charge on any atom is 0.151 e. The van der Waals surface area contributed by atoms with E-state index in [4.69, 9.17) is 0 Å². The monoisotopic (exact) mass is 255 g/mol. The van der Waals surface area contributed by atoms with Crippen molar-refractivity contribution in [3.8, 4) is 0 Å². The molecular formula is C13H21NO2S. The third-order valence-corrected chi connectivity index (χ3v) is 4.72. The summed E-state index contributed by atoms with van der Waals surface area (Å²) >= 11 is 0. The predicted molar refractivity (Wildman–Crippen MR) is 71.9 cm³/mol. The van der Waals surface area contributed by atoms with Gasteiger partial charge in [-0.1, -0.05) is 31.2 Å². The lowest BCUT2D eigenvalue weighted by Crippen LogP contribution is -2.35. The molecule has 0 radical (unpaired) electrons. The van der Waals surface area contributed by atoms with Crippen LogP contribution in [0.3, 0.4) is 0 Å². The smallest absolute Gasteiger partial charge is 0.151 e.